The maximum Gasteiger partial charge on any atom is 0.276 e. The molecule has 2 N–H and O–H groups in total. The third-order valence-corrected chi connectivity index (χ3v) is 4.16. The number of hydrogen-bond donors (Lipinski definition) is 2. The van der Waals surface area contributed by atoms with E-state index in [2.05, 4.69) is 19.9 Å². The monoisotopic (exact) mass is 290 g/mol. The van der Waals surface area contributed by atoms with Gasteiger partial charge < -0.3 is 5.32 Å². The average molecular weight is 290 g/mol. The summed E-state index contributed by atoms with van der Waals surface area (Å²) in [5, 5.41) is 12.4. The number of nitrogens with one attached hydrogen (secondary N) is 2. The van der Waals surface area contributed by atoms with E-state index in [-0.39, 0.29) is 5.91 Å². The lowest BCUT2D eigenvalue weighted by Gasteiger charge is -1.96. The van der Waals surface area contributed by atoms with Gasteiger partial charge in [0.15, 0.2) is 5.69 Å². The van der Waals surface area contributed by atoms with Crippen LogP contribution < -0.4 is 5.32 Å². The van der Waals surface area contributed by atoms with Crippen LogP contribution in [-0.4, -0.2) is 20.5 Å². The molecule has 0 unspecified atom stereocenters. The average Bonchev–Trinajstić information content (AvgIpc) is 3.08. The van der Waals surface area contributed by atoms with Gasteiger partial charge in [0.2, 0.25) is 0 Å². The van der Waals surface area contributed by atoms with Crippen LogP contribution in [0.1, 0.15) is 16.2 Å². The highest BCUT2D eigenvalue weighted by Gasteiger charge is 2.13. The summed E-state index contributed by atoms with van der Waals surface area (Å²) >= 11 is 2.86. The molecule has 19 heavy (non-hydrogen) atoms. The second-order valence-electron chi connectivity index (χ2n) is 3.93. The zero-order valence-electron chi connectivity index (χ0n) is 10.0. The summed E-state index contributed by atoms with van der Waals surface area (Å²) in [5.74, 6) is -0.234. The van der Waals surface area contributed by atoms with E-state index in [0.29, 0.717) is 5.69 Å². The number of carbonyl (C=O) groups excluding carboxylic acids is 1. The van der Waals surface area contributed by atoms with Crippen molar-refractivity contribution in [2.45, 2.75) is 6.92 Å². The zero-order chi connectivity index (χ0) is 13.2. The van der Waals surface area contributed by atoms with Crippen molar-refractivity contribution in [3.05, 3.63) is 41.0 Å². The number of rotatable bonds is 3. The fraction of sp³-hybridized carbons (Fsp3) is 0.0833. The molecule has 96 valence electrons. The van der Waals surface area contributed by atoms with Crippen LogP contribution in [0.4, 0.5) is 5.00 Å². The van der Waals surface area contributed by atoms with Crippen molar-refractivity contribution in [3.8, 4) is 10.6 Å². The first-order valence-corrected chi connectivity index (χ1v) is 7.21. The molecular weight excluding hydrogens is 280 g/mol. The topological polar surface area (TPSA) is 70.7 Å². The number of aromatic amines is 1. The first-order chi connectivity index (χ1) is 9.22. The van der Waals surface area contributed by atoms with Gasteiger partial charge in [0.05, 0.1) is 16.3 Å². The lowest BCUT2D eigenvalue weighted by Crippen LogP contribution is -2.11. The Morgan fingerprint density at radius 3 is 3.00 bits per heavy atom. The summed E-state index contributed by atoms with van der Waals surface area (Å²) in [6.45, 7) is 1.88. The second kappa shape index (κ2) is 4.94. The van der Waals surface area contributed by atoms with Crippen LogP contribution in [0.25, 0.3) is 10.6 Å². The quantitative estimate of drug-likeness (QED) is 0.778. The Morgan fingerprint density at radius 2 is 2.32 bits per heavy atom. The van der Waals surface area contributed by atoms with E-state index in [1.165, 1.54) is 11.5 Å². The number of aryl methyl sites for hydroxylation is 1. The van der Waals surface area contributed by atoms with Gasteiger partial charge in [-0.15, -0.1) is 11.3 Å². The Kier molecular flexibility index (Phi) is 3.14. The molecule has 0 bridgehead atoms. The molecule has 3 aromatic heterocycles. The van der Waals surface area contributed by atoms with Crippen molar-refractivity contribution in [1.29, 1.82) is 0 Å². The Balaban J connectivity index is 1.77. The molecule has 0 atom stereocenters. The molecule has 0 aromatic carbocycles. The van der Waals surface area contributed by atoms with Gasteiger partial charge >= 0.3 is 0 Å². The number of anilines is 1. The fourth-order valence-corrected chi connectivity index (χ4v) is 2.94. The van der Waals surface area contributed by atoms with Crippen LogP contribution in [0.3, 0.4) is 0 Å². The van der Waals surface area contributed by atoms with Gasteiger partial charge in [-0.2, -0.15) is 9.47 Å². The summed E-state index contributed by atoms with van der Waals surface area (Å²) in [5.41, 5.74) is 2.11. The predicted molar refractivity (Wildman–Crippen MR) is 76.7 cm³/mol. The molecule has 3 heterocycles. The highest BCUT2D eigenvalue weighted by Crippen LogP contribution is 2.23. The van der Waals surface area contributed by atoms with Gasteiger partial charge in [0.1, 0.15) is 5.00 Å². The van der Waals surface area contributed by atoms with E-state index in [1.54, 1.807) is 17.4 Å². The molecular formula is C12H10N4OS2. The number of amides is 1. The number of thiophene rings is 1. The minimum atomic E-state index is -0.234. The van der Waals surface area contributed by atoms with Gasteiger partial charge in [-0.25, -0.2) is 0 Å². The van der Waals surface area contributed by atoms with Crippen molar-refractivity contribution in [2.24, 2.45) is 0 Å². The minimum Gasteiger partial charge on any atom is -0.311 e. The van der Waals surface area contributed by atoms with E-state index in [9.17, 15) is 4.79 Å². The third kappa shape index (κ3) is 2.56. The summed E-state index contributed by atoms with van der Waals surface area (Å²) in [4.78, 5) is 13.1. The largest absolute Gasteiger partial charge is 0.311 e. The van der Waals surface area contributed by atoms with E-state index in [4.69, 9.17) is 0 Å². The lowest BCUT2D eigenvalue weighted by molar-refractivity contribution is 0.102. The normalized spacial score (nSPS) is 10.6. The second-order valence-corrected chi connectivity index (χ2v) is 5.68. The molecule has 0 aliphatic heterocycles. The van der Waals surface area contributed by atoms with Gasteiger partial charge in [0.25, 0.3) is 5.91 Å². The first kappa shape index (κ1) is 12.1. The Labute approximate surface area is 117 Å². The number of nitrogens with zero attached hydrogens (tertiary/aromatic N) is 2. The number of aromatic nitrogens is 3. The van der Waals surface area contributed by atoms with E-state index < -0.39 is 0 Å². The Bertz CT molecular complexity index is 699. The molecule has 0 aliphatic carbocycles. The molecule has 0 aliphatic rings. The third-order valence-electron chi connectivity index (χ3n) is 2.46. The van der Waals surface area contributed by atoms with E-state index in [1.807, 2.05) is 30.5 Å². The lowest BCUT2D eigenvalue weighted by atomic mass is 10.3. The van der Waals surface area contributed by atoms with Crippen LogP contribution >= 0.6 is 22.9 Å². The molecule has 5 nitrogen and oxygen atoms in total. The number of hydrogen-bond acceptors (Lipinski definition) is 5. The van der Waals surface area contributed by atoms with E-state index >= 15 is 0 Å². The fourth-order valence-electron chi connectivity index (χ4n) is 1.59. The van der Waals surface area contributed by atoms with Crippen molar-refractivity contribution < 1.29 is 4.79 Å². The molecule has 0 radical (unpaired) electrons. The summed E-state index contributed by atoms with van der Waals surface area (Å²) in [7, 11) is 0. The van der Waals surface area contributed by atoms with Crippen LogP contribution in [0.2, 0.25) is 0 Å². The van der Waals surface area contributed by atoms with Crippen molar-refractivity contribution in [2.75, 3.05) is 5.32 Å². The van der Waals surface area contributed by atoms with Gasteiger partial charge in [0, 0.05) is 0 Å². The van der Waals surface area contributed by atoms with Crippen LogP contribution in [-0.2, 0) is 0 Å². The molecule has 0 fully saturated rings. The highest BCUT2D eigenvalue weighted by atomic mass is 32.1. The maximum atomic E-state index is 12.0. The zero-order valence-corrected chi connectivity index (χ0v) is 11.6. The van der Waals surface area contributed by atoms with Crippen molar-refractivity contribution >= 4 is 33.8 Å². The molecule has 1 amide bonds. The Hall–Kier alpha value is -1.99. The van der Waals surface area contributed by atoms with Crippen molar-refractivity contribution in [3.63, 3.8) is 0 Å². The highest BCUT2D eigenvalue weighted by molar-refractivity contribution is 7.13. The molecule has 0 saturated heterocycles. The first-order valence-electron chi connectivity index (χ1n) is 5.56. The molecule has 7 heteroatoms. The number of carbonyl (C=O) groups is 1. The summed E-state index contributed by atoms with van der Waals surface area (Å²) in [6, 6.07) is 7.51. The molecule has 3 rings (SSSR count). The molecule has 3 aromatic rings. The molecule has 0 spiro atoms. The standard InChI is InChI=1S/C12H10N4OS2/c1-7-5-11(19-16-7)13-12(17)9-6-8(14-15-9)10-3-2-4-18-10/h2-6H,1H3,(H,13,17)(H,14,15). The van der Waals surface area contributed by atoms with Crippen molar-refractivity contribution in [1.82, 2.24) is 14.6 Å². The molecule has 0 saturated carbocycles. The predicted octanol–water partition coefficient (Wildman–Crippen LogP) is 3.16. The van der Waals surface area contributed by atoms with Gasteiger partial charge in [-0.3, -0.25) is 9.89 Å². The maximum absolute atomic E-state index is 12.0. The van der Waals surface area contributed by atoms with Crippen LogP contribution in [0.5, 0.6) is 0 Å². The summed E-state index contributed by atoms with van der Waals surface area (Å²) in [6.07, 6.45) is 0. The number of H-pyrrole nitrogens is 1. The van der Waals surface area contributed by atoms with Crippen LogP contribution in [0, 0.1) is 6.92 Å². The van der Waals surface area contributed by atoms with Crippen LogP contribution in [0.15, 0.2) is 29.6 Å². The smallest absolute Gasteiger partial charge is 0.276 e. The van der Waals surface area contributed by atoms with Gasteiger partial charge in [-0.05, 0) is 42.0 Å². The Morgan fingerprint density at radius 1 is 1.42 bits per heavy atom. The summed E-state index contributed by atoms with van der Waals surface area (Å²) < 4.78 is 4.11. The van der Waals surface area contributed by atoms with E-state index in [0.717, 1.165) is 21.3 Å². The SMILES string of the molecule is Cc1cc(NC(=O)c2cc(-c3cccs3)[nH]n2)sn1. The van der Waals surface area contributed by atoms with Gasteiger partial charge in [-0.1, -0.05) is 6.07 Å². The minimum absolute atomic E-state index is 0.234.